The Bertz CT molecular complexity index is 432. The van der Waals surface area contributed by atoms with Gasteiger partial charge >= 0.3 is 5.76 Å². The molecule has 1 aliphatic heterocycles. The van der Waals surface area contributed by atoms with E-state index in [1.807, 2.05) is 13.8 Å². The molecule has 0 unspecified atom stereocenters. The third-order valence-corrected chi connectivity index (χ3v) is 4.65. The lowest BCUT2D eigenvalue weighted by atomic mass is 9.98. The SMILES string of the molecule is CC(C)NC(N)=NCC1CCN(S(=O)(=O)C(F)F)CC1. The quantitative estimate of drug-likeness (QED) is 0.574. The lowest BCUT2D eigenvalue weighted by Crippen LogP contribution is -2.42. The third kappa shape index (κ3) is 4.86. The van der Waals surface area contributed by atoms with Crippen LogP contribution in [0.1, 0.15) is 26.7 Å². The van der Waals surface area contributed by atoms with Crippen molar-refractivity contribution in [2.24, 2.45) is 16.6 Å². The molecule has 0 aromatic carbocycles. The Morgan fingerprint density at radius 1 is 1.40 bits per heavy atom. The second-order valence-electron chi connectivity index (χ2n) is 5.17. The lowest BCUT2D eigenvalue weighted by Gasteiger charge is -2.30. The molecule has 0 aromatic rings. The predicted octanol–water partition coefficient (Wildman–Crippen LogP) is 0.564. The summed E-state index contributed by atoms with van der Waals surface area (Å²) in [5.74, 6) is -2.82. The first-order chi connectivity index (χ1) is 9.23. The van der Waals surface area contributed by atoms with Crippen LogP contribution in [0.4, 0.5) is 8.78 Å². The Balaban J connectivity index is 2.44. The van der Waals surface area contributed by atoms with E-state index >= 15 is 0 Å². The highest BCUT2D eigenvalue weighted by Gasteiger charge is 2.34. The maximum atomic E-state index is 12.4. The van der Waals surface area contributed by atoms with E-state index in [-0.39, 0.29) is 25.0 Å². The van der Waals surface area contributed by atoms with Crippen molar-refractivity contribution in [1.29, 1.82) is 0 Å². The van der Waals surface area contributed by atoms with Crippen LogP contribution in [0.5, 0.6) is 0 Å². The Hall–Kier alpha value is -0.960. The molecule has 0 saturated carbocycles. The summed E-state index contributed by atoms with van der Waals surface area (Å²) < 4.78 is 48.2. The number of nitrogens with two attached hydrogens (primary N) is 1. The van der Waals surface area contributed by atoms with Crippen LogP contribution in [0, 0.1) is 5.92 Å². The number of sulfonamides is 1. The number of guanidine groups is 1. The van der Waals surface area contributed by atoms with Gasteiger partial charge in [-0.3, -0.25) is 4.99 Å². The zero-order valence-electron chi connectivity index (χ0n) is 11.7. The van der Waals surface area contributed by atoms with Crippen molar-refractivity contribution in [2.45, 2.75) is 38.5 Å². The van der Waals surface area contributed by atoms with Gasteiger partial charge < -0.3 is 11.1 Å². The van der Waals surface area contributed by atoms with Gasteiger partial charge in [-0.1, -0.05) is 0 Å². The van der Waals surface area contributed by atoms with Crippen LogP contribution in [0.2, 0.25) is 0 Å². The summed E-state index contributed by atoms with van der Waals surface area (Å²) in [6.45, 7) is 4.59. The Kier molecular flexibility index (Phi) is 6.12. The van der Waals surface area contributed by atoms with E-state index in [0.717, 1.165) is 4.31 Å². The number of nitrogens with zero attached hydrogens (tertiary/aromatic N) is 2. The van der Waals surface area contributed by atoms with E-state index in [0.29, 0.717) is 25.3 Å². The predicted molar refractivity (Wildman–Crippen MR) is 74.0 cm³/mol. The van der Waals surface area contributed by atoms with E-state index in [4.69, 9.17) is 5.73 Å². The molecule has 1 aliphatic rings. The molecule has 1 saturated heterocycles. The molecule has 0 aromatic heterocycles. The van der Waals surface area contributed by atoms with Crippen molar-refractivity contribution in [2.75, 3.05) is 19.6 Å². The summed E-state index contributed by atoms with van der Waals surface area (Å²) in [7, 11) is -4.44. The Labute approximate surface area is 118 Å². The molecule has 20 heavy (non-hydrogen) atoms. The highest BCUT2D eigenvalue weighted by molar-refractivity contribution is 7.89. The Morgan fingerprint density at radius 2 is 1.95 bits per heavy atom. The molecule has 9 heteroatoms. The minimum atomic E-state index is -4.44. The van der Waals surface area contributed by atoms with E-state index in [1.165, 1.54) is 0 Å². The summed E-state index contributed by atoms with van der Waals surface area (Å²) >= 11 is 0. The molecule has 118 valence electrons. The summed E-state index contributed by atoms with van der Waals surface area (Å²) in [6.07, 6.45) is 1.04. The van der Waals surface area contributed by atoms with Crippen LogP contribution in [-0.2, 0) is 10.0 Å². The average Bonchev–Trinajstić information content (AvgIpc) is 2.36. The molecule has 0 radical (unpaired) electrons. The van der Waals surface area contributed by atoms with Crippen LogP contribution in [0.25, 0.3) is 0 Å². The van der Waals surface area contributed by atoms with Gasteiger partial charge in [0.05, 0.1) is 0 Å². The fraction of sp³-hybridized carbons (Fsp3) is 0.909. The average molecular weight is 312 g/mol. The van der Waals surface area contributed by atoms with Crippen LogP contribution in [0.15, 0.2) is 4.99 Å². The first kappa shape index (κ1) is 17.1. The van der Waals surface area contributed by atoms with E-state index in [1.54, 1.807) is 0 Å². The maximum absolute atomic E-state index is 12.4. The van der Waals surface area contributed by atoms with Gasteiger partial charge in [0.15, 0.2) is 5.96 Å². The maximum Gasteiger partial charge on any atom is 0.350 e. The monoisotopic (exact) mass is 312 g/mol. The molecule has 0 atom stereocenters. The number of piperidine rings is 1. The van der Waals surface area contributed by atoms with Gasteiger partial charge in [-0.2, -0.15) is 13.1 Å². The topological polar surface area (TPSA) is 87.8 Å². The largest absolute Gasteiger partial charge is 0.370 e. The second kappa shape index (κ2) is 7.16. The number of hydrogen-bond acceptors (Lipinski definition) is 3. The number of halogens is 2. The number of alkyl halides is 2. The molecular weight excluding hydrogens is 290 g/mol. The smallest absolute Gasteiger partial charge is 0.350 e. The minimum absolute atomic E-state index is 0.115. The van der Waals surface area contributed by atoms with Crippen LogP contribution in [-0.4, -0.2) is 50.1 Å². The summed E-state index contributed by atoms with van der Waals surface area (Å²) in [5, 5.41) is 2.95. The van der Waals surface area contributed by atoms with Crippen LogP contribution < -0.4 is 11.1 Å². The van der Waals surface area contributed by atoms with E-state index < -0.39 is 15.8 Å². The first-order valence-electron chi connectivity index (χ1n) is 6.57. The first-order valence-corrected chi connectivity index (χ1v) is 8.07. The highest BCUT2D eigenvalue weighted by atomic mass is 32.2. The van der Waals surface area contributed by atoms with Crippen LogP contribution in [0.3, 0.4) is 0 Å². The van der Waals surface area contributed by atoms with Crippen molar-refractivity contribution >= 4 is 16.0 Å². The second-order valence-corrected chi connectivity index (χ2v) is 7.08. The summed E-state index contributed by atoms with van der Waals surface area (Å²) in [5.41, 5.74) is 5.66. The Morgan fingerprint density at radius 3 is 2.40 bits per heavy atom. The summed E-state index contributed by atoms with van der Waals surface area (Å²) in [6, 6.07) is 0.191. The molecule has 1 fully saturated rings. The van der Waals surface area contributed by atoms with Crippen molar-refractivity contribution < 1.29 is 17.2 Å². The van der Waals surface area contributed by atoms with E-state index in [2.05, 4.69) is 10.3 Å². The number of nitrogens with one attached hydrogen (secondary N) is 1. The molecule has 6 nitrogen and oxygen atoms in total. The van der Waals surface area contributed by atoms with E-state index in [9.17, 15) is 17.2 Å². The molecule has 0 bridgehead atoms. The zero-order valence-corrected chi connectivity index (χ0v) is 12.5. The highest BCUT2D eigenvalue weighted by Crippen LogP contribution is 2.22. The minimum Gasteiger partial charge on any atom is -0.370 e. The number of hydrogen-bond donors (Lipinski definition) is 2. The fourth-order valence-corrected chi connectivity index (χ4v) is 2.97. The van der Waals surface area contributed by atoms with Crippen molar-refractivity contribution in [3.8, 4) is 0 Å². The number of aliphatic imine (C=N–C) groups is 1. The molecule has 3 N–H and O–H groups in total. The van der Waals surface area contributed by atoms with Gasteiger partial charge in [-0.15, -0.1) is 0 Å². The standard InChI is InChI=1S/C11H22F2N4O2S/c1-8(2)16-11(14)15-7-9-3-5-17(6-4-9)20(18,19)10(12)13/h8-10H,3-7H2,1-2H3,(H3,14,15,16). The molecule has 1 heterocycles. The normalized spacial score (nSPS) is 19.8. The van der Waals surface area contributed by atoms with Gasteiger partial charge in [-0.25, -0.2) is 8.42 Å². The fourth-order valence-electron chi connectivity index (χ4n) is 2.03. The van der Waals surface area contributed by atoms with Gasteiger partial charge in [0, 0.05) is 25.7 Å². The molecule has 0 amide bonds. The summed E-state index contributed by atoms with van der Waals surface area (Å²) in [4.78, 5) is 4.18. The molecule has 0 spiro atoms. The lowest BCUT2D eigenvalue weighted by molar-refractivity contribution is 0.205. The van der Waals surface area contributed by atoms with Gasteiger partial charge in [0.1, 0.15) is 0 Å². The van der Waals surface area contributed by atoms with Crippen molar-refractivity contribution in [3.63, 3.8) is 0 Å². The molecular formula is C11H22F2N4O2S. The van der Waals surface area contributed by atoms with Crippen molar-refractivity contribution in [3.05, 3.63) is 0 Å². The van der Waals surface area contributed by atoms with Gasteiger partial charge in [0.2, 0.25) is 0 Å². The van der Waals surface area contributed by atoms with Gasteiger partial charge in [0.25, 0.3) is 10.0 Å². The third-order valence-electron chi connectivity index (χ3n) is 3.11. The van der Waals surface area contributed by atoms with Crippen LogP contribution >= 0.6 is 0 Å². The molecule has 0 aliphatic carbocycles. The van der Waals surface area contributed by atoms with Gasteiger partial charge in [-0.05, 0) is 32.6 Å². The van der Waals surface area contributed by atoms with Crippen molar-refractivity contribution in [1.82, 2.24) is 9.62 Å². The number of rotatable bonds is 5. The molecule has 1 rings (SSSR count). The zero-order chi connectivity index (χ0) is 15.3.